The van der Waals surface area contributed by atoms with Gasteiger partial charge in [-0.2, -0.15) is 0 Å². The van der Waals surface area contributed by atoms with E-state index in [1.54, 1.807) is 11.8 Å². The molecular formula is C25H26ClNOS. The SMILES string of the molecule is CC(C)Cc1ccc(C(=O)CC(Sc2ccccc2N)c2ccc(Cl)cc2)cc1. The average molecular weight is 424 g/mol. The number of hydrogen-bond donors (Lipinski definition) is 1. The Morgan fingerprint density at radius 1 is 0.966 bits per heavy atom. The first-order valence-corrected chi connectivity index (χ1v) is 11.1. The highest BCUT2D eigenvalue weighted by molar-refractivity contribution is 7.99. The van der Waals surface area contributed by atoms with Gasteiger partial charge in [0, 0.05) is 32.8 Å². The normalized spacial score (nSPS) is 12.1. The fraction of sp³-hybridized carbons (Fsp3) is 0.240. The van der Waals surface area contributed by atoms with Crippen molar-refractivity contribution in [1.29, 1.82) is 0 Å². The molecule has 0 spiro atoms. The zero-order chi connectivity index (χ0) is 20.8. The first kappa shape index (κ1) is 21.5. The van der Waals surface area contributed by atoms with Crippen LogP contribution in [-0.4, -0.2) is 5.78 Å². The van der Waals surface area contributed by atoms with Crippen molar-refractivity contribution >= 4 is 34.8 Å². The number of nitrogens with two attached hydrogens (primary N) is 1. The van der Waals surface area contributed by atoms with Gasteiger partial charge >= 0.3 is 0 Å². The molecule has 0 heterocycles. The minimum Gasteiger partial charge on any atom is -0.398 e. The van der Waals surface area contributed by atoms with Gasteiger partial charge in [-0.15, -0.1) is 11.8 Å². The molecule has 3 aromatic carbocycles. The molecule has 0 aromatic heterocycles. The van der Waals surface area contributed by atoms with E-state index in [-0.39, 0.29) is 11.0 Å². The van der Waals surface area contributed by atoms with Crippen LogP contribution in [0, 0.1) is 5.92 Å². The maximum atomic E-state index is 13.0. The van der Waals surface area contributed by atoms with Crippen molar-refractivity contribution in [2.45, 2.75) is 36.8 Å². The van der Waals surface area contributed by atoms with E-state index in [9.17, 15) is 4.79 Å². The summed E-state index contributed by atoms with van der Waals surface area (Å²) >= 11 is 7.68. The molecule has 1 atom stereocenters. The van der Waals surface area contributed by atoms with E-state index in [4.69, 9.17) is 17.3 Å². The van der Waals surface area contributed by atoms with E-state index >= 15 is 0 Å². The molecule has 3 rings (SSSR count). The molecule has 2 nitrogen and oxygen atoms in total. The molecule has 0 bridgehead atoms. The minimum atomic E-state index is -0.0418. The molecule has 2 N–H and O–H groups in total. The molecule has 0 amide bonds. The second-order valence-corrected chi connectivity index (χ2v) is 9.30. The van der Waals surface area contributed by atoms with Gasteiger partial charge in [-0.1, -0.05) is 74.0 Å². The minimum absolute atomic E-state index is 0.0418. The Bertz CT molecular complexity index is 951. The van der Waals surface area contributed by atoms with Crippen molar-refractivity contribution in [1.82, 2.24) is 0 Å². The predicted molar refractivity (Wildman–Crippen MR) is 125 cm³/mol. The first-order chi connectivity index (χ1) is 13.9. The number of halogens is 1. The maximum Gasteiger partial charge on any atom is 0.164 e. The fourth-order valence-electron chi connectivity index (χ4n) is 3.23. The molecule has 29 heavy (non-hydrogen) atoms. The number of anilines is 1. The van der Waals surface area contributed by atoms with Crippen molar-refractivity contribution in [2.75, 3.05) is 5.73 Å². The maximum absolute atomic E-state index is 13.0. The highest BCUT2D eigenvalue weighted by atomic mass is 35.5. The van der Waals surface area contributed by atoms with Crippen molar-refractivity contribution < 1.29 is 4.79 Å². The Morgan fingerprint density at radius 2 is 1.62 bits per heavy atom. The number of carbonyl (C=O) groups is 1. The number of benzene rings is 3. The lowest BCUT2D eigenvalue weighted by atomic mass is 9.98. The van der Waals surface area contributed by atoms with E-state index in [2.05, 4.69) is 26.0 Å². The van der Waals surface area contributed by atoms with Crippen molar-refractivity contribution in [3.05, 3.63) is 94.5 Å². The van der Waals surface area contributed by atoms with Crippen LogP contribution in [-0.2, 0) is 6.42 Å². The van der Waals surface area contributed by atoms with Crippen LogP contribution in [0.15, 0.2) is 77.7 Å². The smallest absolute Gasteiger partial charge is 0.164 e. The van der Waals surface area contributed by atoms with Gasteiger partial charge in [0.2, 0.25) is 0 Å². The summed E-state index contributed by atoms with van der Waals surface area (Å²) in [6.45, 7) is 4.39. The number of rotatable bonds is 8. The van der Waals surface area contributed by atoms with Crippen molar-refractivity contribution in [2.24, 2.45) is 5.92 Å². The Hall–Kier alpha value is -2.23. The summed E-state index contributed by atoms with van der Waals surface area (Å²) in [6, 6.07) is 23.5. The Kier molecular flexibility index (Phi) is 7.40. The summed E-state index contributed by atoms with van der Waals surface area (Å²) in [7, 11) is 0. The van der Waals surface area contributed by atoms with Crippen LogP contribution in [0.5, 0.6) is 0 Å². The topological polar surface area (TPSA) is 43.1 Å². The highest BCUT2D eigenvalue weighted by Gasteiger charge is 2.20. The molecule has 0 aliphatic heterocycles. The molecule has 1 unspecified atom stereocenters. The van der Waals surface area contributed by atoms with Gasteiger partial charge in [-0.05, 0) is 47.7 Å². The van der Waals surface area contributed by atoms with Gasteiger partial charge in [-0.25, -0.2) is 0 Å². The van der Waals surface area contributed by atoms with E-state index in [1.807, 2.05) is 60.7 Å². The van der Waals surface area contributed by atoms with Crippen LogP contribution in [0.1, 0.15) is 47.0 Å². The molecular weight excluding hydrogens is 398 g/mol. The number of para-hydroxylation sites is 1. The van der Waals surface area contributed by atoms with Crippen LogP contribution in [0.3, 0.4) is 0 Å². The lowest BCUT2D eigenvalue weighted by Gasteiger charge is -2.18. The largest absolute Gasteiger partial charge is 0.398 e. The van der Waals surface area contributed by atoms with Crippen LogP contribution in [0.4, 0.5) is 5.69 Å². The summed E-state index contributed by atoms with van der Waals surface area (Å²) < 4.78 is 0. The third-order valence-electron chi connectivity index (χ3n) is 4.72. The van der Waals surface area contributed by atoms with E-state index in [0.717, 1.165) is 28.1 Å². The van der Waals surface area contributed by atoms with Gasteiger partial charge < -0.3 is 5.73 Å². The zero-order valence-corrected chi connectivity index (χ0v) is 18.3. The lowest BCUT2D eigenvalue weighted by Crippen LogP contribution is -2.06. The van der Waals surface area contributed by atoms with Crippen LogP contribution in [0.25, 0.3) is 0 Å². The van der Waals surface area contributed by atoms with Gasteiger partial charge in [0.05, 0.1) is 0 Å². The summed E-state index contributed by atoms with van der Waals surface area (Å²) in [5.74, 6) is 0.724. The second-order valence-electron chi connectivity index (χ2n) is 7.62. The summed E-state index contributed by atoms with van der Waals surface area (Å²) in [5.41, 5.74) is 9.94. The quantitative estimate of drug-likeness (QED) is 0.236. The molecule has 0 aliphatic rings. The number of nitrogen functional groups attached to an aromatic ring is 1. The average Bonchev–Trinajstić information content (AvgIpc) is 2.70. The molecule has 3 aromatic rings. The summed E-state index contributed by atoms with van der Waals surface area (Å²) in [5, 5.41) is 0.642. The Morgan fingerprint density at radius 3 is 2.24 bits per heavy atom. The van der Waals surface area contributed by atoms with Gasteiger partial charge in [0.15, 0.2) is 5.78 Å². The summed E-state index contributed by atoms with van der Waals surface area (Å²) in [6.07, 6.45) is 1.41. The van der Waals surface area contributed by atoms with Gasteiger partial charge in [-0.3, -0.25) is 4.79 Å². The standard InChI is InChI=1S/C25H26ClNOS/c1-17(2)15-18-7-9-19(10-8-18)23(28)16-25(20-11-13-21(26)14-12-20)29-24-6-4-3-5-22(24)27/h3-14,17,25H,15-16,27H2,1-2H3. The molecule has 0 saturated carbocycles. The van der Waals surface area contributed by atoms with E-state index < -0.39 is 0 Å². The molecule has 0 fully saturated rings. The number of Topliss-reactive ketones (excluding diaryl/α,β-unsaturated/α-hetero) is 1. The first-order valence-electron chi connectivity index (χ1n) is 9.81. The van der Waals surface area contributed by atoms with Gasteiger partial charge in [0.1, 0.15) is 0 Å². The summed E-state index contributed by atoms with van der Waals surface area (Å²) in [4.78, 5) is 14.0. The fourth-order valence-corrected chi connectivity index (χ4v) is 4.55. The van der Waals surface area contributed by atoms with E-state index in [0.29, 0.717) is 17.4 Å². The second kappa shape index (κ2) is 10.00. The zero-order valence-electron chi connectivity index (χ0n) is 16.8. The Balaban J connectivity index is 1.81. The Labute approximate surface area is 182 Å². The molecule has 0 aliphatic carbocycles. The van der Waals surface area contributed by atoms with Crippen molar-refractivity contribution in [3.63, 3.8) is 0 Å². The van der Waals surface area contributed by atoms with Crippen LogP contribution >= 0.6 is 23.4 Å². The predicted octanol–water partition coefficient (Wildman–Crippen LogP) is 7.23. The molecule has 4 heteroatoms. The van der Waals surface area contributed by atoms with E-state index in [1.165, 1.54) is 5.56 Å². The molecule has 0 radical (unpaired) electrons. The third-order valence-corrected chi connectivity index (χ3v) is 6.32. The number of hydrogen-bond acceptors (Lipinski definition) is 3. The van der Waals surface area contributed by atoms with Crippen molar-refractivity contribution in [3.8, 4) is 0 Å². The van der Waals surface area contributed by atoms with Crippen LogP contribution < -0.4 is 5.73 Å². The number of carbonyl (C=O) groups excluding carboxylic acids is 1. The highest BCUT2D eigenvalue weighted by Crippen LogP contribution is 2.41. The number of thioether (sulfide) groups is 1. The number of ketones is 1. The molecule has 0 saturated heterocycles. The lowest BCUT2D eigenvalue weighted by molar-refractivity contribution is 0.0982. The third kappa shape index (κ3) is 6.12. The molecule has 150 valence electrons. The van der Waals surface area contributed by atoms with Crippen LogP contribution in [0.2, 0.25) is 5.02 Å². The monoisotopic (exact) mass is 423 g/mol. The van der Waals surface area contributed by atoms with Gasteiger partial charge in [0.25, 0.3) is 0 Å².